The number of aliphatic hydroxyl groups is 1. The molecular weight excluding hydrogens is 354 g/mol. The summed E-state index contributed by atoms with van der Waals surface area (Å²) >= 11 is 5.87. The number of hydrogen-bond acceptors (Lipinski definition) is 4. The van der Waals surface area contributed by atoms with Gasteiger partial charge in [-0.3, -0.25) is 9.59 Å². The first-order chi connectivity index (χ1) is 12.4. The highest BCUT2D eigenvalue weighted by molar-refractivity contribution is 6.30. The molecular formula is C19H26ClN3O3. The topological polar surface area (TPSA) is 64.1 Å². The van der Waals surface area contributed by atoms with Gasteiger partial charge in [0.15, 0.2) is 0 Å². The van der Waals surface area contributed by atoms with Crippen LogP contribution in [0.5, 0.6) is 0 Å². The summed E-state index contributed by atoms with van der Waals surface area (Å²) in [5.74, 6) is 0.0150. The molecule has 0 saturated carbocycles. The molecule has 0 radical (unpaired) electrons. The second-order valence-electron chi connectivity index (χ2n) is 7.41. The number of hydrogen-bond donors (Lipinski definition) is 1. The van der Waals surface area contributed by atoms with Crippen LogP contribution in [-0.2, 0) is 4.79 Å². The summed E-state index contributed by atoms with van der Waals surface area (Å²) in [6.07, 6.45) is 0.829. The standard InChI is InChI=1S/C19H26ClN3O3/c1-21(2)16-11-23(12-17(16)24)19(26)14-7-9-22(10-8-14)18(25)13-3-5-15(20)6-4-13/h3-6,14,16-17,24H,7-12H2,1-2H3/t16-,17-/m0/s1. The summed E-state index contributed by atoms with van der Waals surface area (Å²) in [4.78, 5) is 30.9. The first-order valence-electron chi connectivity index (χ1n) is 9.05. The maximum Gasteiger partial charge on any atom is 0.253 e. The van der Waals surface area contributed by atoms with Crippen LogP contribution in [0.4, 0.5) is 0 Å². The molecule has 1 N–H and O–H groups in total. The van der Waals surface area contributed by atoms with Gasteiger partial charge in [0.2, 0.25) is 5.91 Å². The van der Waals surface area contributed by atoms with Gasteiger partial charge in [-0.15, -0.1) is 0 Å². The zero-order valence-electron chi connectivity index (χ0n) is 15.3. The van der Waals surface area contributed by atoms with E-state index in [1.54, 1.807) is 34.1 Å². The van der Waals surface area contributed by atoms with Crippen molar-refractivity contribution in [1.82, 2.24) is 14.7 Å². The second-order valence-corrected chi connectivity index (χ2v) is 7.85. The van der Waals surface area contributed by atoms with Gasteiger partial charge >= 0.3 is 0 Å². The number of aliphatic hydroxyl groups excluding tert-OH is 1. The summed E-state index contributed by atoms with van der Waals surface area (Å²) in [5.41, 5.74) is 0.621. The number of nitrogens with zero attached hydrogens (tertiary/aromatic N) is 3. The van der Waals surface area contributed by atoms with E-state index < -0.39 is 6.10 Å². The third kappa shape index (κ3) is 4.03. The van der Waals surface area contributed by atoms with Crippen LogP contribution in [0.25, 0.3) is 0 Å². The predicted octanol–water partition coefficient (Wildman–Crippen LogP) is 1.33. The summed E-state index contributed by atoms with van der Waals surface area (Å²) in [6.45, 7) is 2.11. The highest BCUT2D eigenvalue weighted by Gasteiger charge is 2.38. The van der Waals surface area contributed by atoms with Crippen LogP contribution in [0.1, 0.15) is 23.2 Å². The molecule has 6 nitrogen and oxygen atoms in total. The van der Waals surface area contributed by atoms with Crippen molar-refractivity contribution in [3.63, 3.8) is 0 Å². The molecule has 3 rings (SSSR count). The maximum absolute atomic E-state index is 12.8. The Morgan fingerprint density at radius 1 is 1.08 bits per heavy atom. The van der Waals surface area contributed by atoms with Gasteiger partial charge in [-0.25, -0.2) is 0 Å². The Labute approximate surface area is 159 Å². The minimum absolute atomic E-state index is 0.00878. The molecule has 2 aliphatic rings. The van der Waals surface area contributed by atoms with Gasteiger partial charge in [0.05, 0.1) is 12.1 Å². The van der Waals surface area contributed by atoms with Crippen molar-refractivity contribution in [2.24, 2.45) is 5.92 Å². The second kappa shape index (κ2) is 7.94. The zero-order valence-corrected chi connectivity index (χ0v) is 16.0. The van der Waals surface area contributed by atoms with Gasteiger partial charge in [0.25, 0.3) is 5.91 Å². The molecule has 2 amide bonds. The monoisotopic (exact) mass is 379 g/mol. The predicted molar refractivity (Wildman–Crippen MR) is 100 cm³/mol. The molecule has 2 atom stereocenters. The summed E-state index contributed by atoms with van der Waals surface area (Å²) < 4.78 is 0. The van der Waals surface area contributed by atoms with Crippen molar-refractivity contribution in [2.75, 3.05) is 40.3 Å². The first kappa shape index (κ1) is 19.1. The van der Waals surface area contributed by atoms with Crippen LogP contribution < -0.4 is 0 Å². The Morgan fingerprint density at radius 2 is 1.69 bits per heavy atom. The molecule has 0 spiro atoms. The van der Waals surface area contributed by atoms with E-state index >= 15 is 0 Å². The maximum atomic E-state index is 12.8. The summed E-state index contributed by atoms with van der Waals surface area (Å²) in [7, 11) is 3.84. The Hall–Kier alpha value is -1.63. The number of carbonyl (C=O) groups excluding carboxylic acids is 2. The van der Waals surface area contributed by atoms with Crippen LogP contribution in [-0.4, -0.2) is 84.0 Å². The van der Waals surface area contributed by atoms with Gasteiger partial charge in [-0.2, -0.15) is 0 Å². The highest BCUT2D eigenvalue weighted by Crippen LogP contribution is 2.24. The average Bonchev–Trinajstić information content (AvgIpc) is 3.03. The SMILES string of the molecule is CN(C)[C@H]1CN(C(=O)C2CCN(C(=O)c3ccc(Cl)cc3)CC2)C[C@@H]1O. The number of carbonyl (C=O) groups is 2. The normalized spacial score (nSPS) is 24.3. The Morgan fingerprint density at radius 3 is 2.23 bits per heavy atom. The van der Waals surface area contributed by atoms with Gasteiger partial charge in [-0.1, -0.05) is 11.6 Å². The number of piperidine rings is 1. The molecule has 7 heteroatoms. The van der Waals surface area contributed by atoms with E-state index in [-0.39, 0.29) is 23.8 Å². The number of likely N-dealkylation sites (N-methyl/N-ethyl adjacent to an activating group) is 1. The van der Waals surface area contributed by atoms with Crippen LogP contribution in [0.2, 0.25) is 5.02 Å². The first-order valence-corrected chi connectivity index (χ1v) is 9.42. The summed E-state index contributed by atoms with van der Waals surface area (Å²) in [5, 5.41) is 10.7. The lowest BCUT2D eigenvalue weighted by atomic mass is 9.95. The molecule has 2 heterocycles. The van der Waals surface area contributed by atoms with Crippen LogP contribution in [0, 0.1) is 5.92 Å². The minimum Gasteiger partial charge on any atom is -0.390 e. The van der Waals surface area contributed by atoms with Gasteiger partial charge < -0.3 is 19.8 Å². The zero-order chi connectivity index (χ0) is 18.8. The lowest BCUT2D eigenvalue weighted by molar-refractivity contribution is -0.136. The van der Waals surface area contributed by atoms with Crippen molar-refractivity contribution in [2.45, 2.75) is 25.0 Å². The van der Waals surface area contributed by atoms with E-state index in [1.165, 1.54) is 0 Å². The summed E-state index contributed by atoms with van der Waals surface area (Å²) in [6, 6.07) is 6.88. The molecule has 0 aromatic heterocycles. The van der Waals surface area contributed by atoms with E-state index in [1.807, 2.05) is 19.0 Å². The Balaban J connectivity index is 1.54. The largest absolute Gasteiger partial charge is 0.390 e. The molecule has 0 aliphatic carbocycles. The van der Waals surface area contributed by atoms with Crippen molar-refractivity contribution in [3.8, 4) is 0 Å². The third-order valence-electron chi connectivity index (χ3n) is 5.46. The Bertz CT molecular complexity index is 656. The molecule has 1 aromatic carbocycles. The molecule has 0 bridgehead atoms. The van der Waals surface area contributed by atoms with Gasteiger partial charge in [-0.05, 0) is 51.2 Å². The van der Waals surface area contributed by atoms with Crippen LogP contribution in [0.15, 0.2) is 24.3 Å². The fraction of sp³-hybridized carbons (Fsp3) is 0.579. The quantitative estimate of drug-likeness (QED) is 0.860. The lowest BCUT2D eigenvalue weighted by Crippen LogP contribution is -2.44. The van der Waals surface area contributed by atoms with E-state index in [0.717, 1.165) is 0 Å². The minimum atomic E-state index is -0.500. The fourth-order valence-corrected chi connectivity index (χ4v) is 3.95. The van der Waals surface area contributed by atoms with Crippen molar-refractivity contribution in [1.29, 1.82) is 0 Å². The number of amides is 2. The number of benzene rings is 1. The molecule has 2 fully saturated rings. The Kier molecular flexibility index (Phi) is 5.85. The molecule has 1 aromatic rings. The molecule has 26 heavy (non-hydrogen) atoms. The van der Waals surface area contributed by atoms with Gasteiger partial charge in [0.1, 0.15) is 0 Å². The van der Waals surface area contributed by atoms with Crippen LogP contribution in [0.3, 0.4) is 0 Å². The average molecular weight is 380 g/mol. The number of β-amino-alcohol motifs (C(OH)–C–C–N with tert-alkyl or cyclic N) is 1. The van der Waals surface area contributed by atoms with E-state index in [0.29, 0.717) is 49.6 Å². The number of likely N-dealkylation sites (tertiary alicyclic amines) is 2. The molecule has 142 valence electrons. The molecule has 2 saturated heterocycles. The van der Waals surface area contributed by atoms with E-state index in [9.17, 15) is 14.7 Å². The lowest BCUT2D eigenvalue weighted by Gasteiger charge is -2.33. The van der Waals surface area contributed by atoms with Gasteiger partial charge in [0, 0.05) is 42.7 Å². The van der Waals surface area contributed by atoms with Crippen molar-refractivity contribution >= 4 is 23.4 Å². The van der Waals surface area contributed by atoms with E-state index in [2.05, 4.69) is 0 Å². The molecule has 0 unspecified atom stereocenters. The number of rotatable bonds is 3. The van der Waals surface area contributed by atoms with Crippen LogP contribution >= 0.6 is 11.6 Å². The van der Waals surface area contributed by atoms with Crippen molar-refractivity contribution < 1.29 is 14.7 Å². The van der Waals surface area contributed by atoms with E-state index in [4.69, 9.17) is 11.6 Å². The smallest absolute Gasteiger partial charge is 0.253 e. The number of halogens is 1. The highest BCUT2D eigenvalue weighted by atomic mass is 35.5. The third-order valence-corrected chi connectivity index (χ3v) is 5.71. The van der Waals surface area contributed by atoms with Crippen molar-refractivity contribution in [3.05, 3.63) is 34.9 Å². The molecule has 2 aliphatic heterocycles. The fourth-order valence-electron chi connectivity index (χ4n) is 3.82.